The van der Waals surface area contributed by atoms with Crippen molar-refractivity contribution >= 4 is 11.7 Å². The largest absolute Gasteiger partial charge is 0.477 e. The molecule has 1 amide bonds. The van der Waals surface area contributed by atoms with Crippen molar-refractivity contribution in [3.05, 3.63) is 12.1 Å². The van der Waals surface area contributed by atoms with Crippen LogP contribution in [0, 0.1) is 5.92 Å². The molecule has 0 bridgehead atoms. The number of amides is 1. The van der Waals surface area contributed by atoms with Gasteiger partial charge in [0.25, 0.3) is 0 Å². The third-order valence-electron chi connectivity index (χ3n) is 3.53. The van der Waals surface area contributed by atoms with Crippen molar-refractivity contribution in [2.24, 2.45) is 5.92 Å². The highest BCUT2D eigenvalue weighted by Crippen LogP contribution is 2.19. The highest BCUT2D eigenvalue weighted by molar-refractivity contribution is 5.78. The Bertz CT molecular complexity index is 461. The summed E-state index contributed by atoms with van der Waals surface area (Å²) in [6.45, 7) is 8.04. The highest BCUT2D eigenvalue weighted by Gasteiger charge is 2.23. The van der Waals surface area contributed by atoms with Gasteiger partial charge in [0.05, 0.1) is 6.61 Å². The van der Waals surface area contributed by atoms with Crippen molar-refractivity contribution < 1.29 is 9.53 Å². The number of carbonyl (C=O) groups is 1. The first-order valence-electron chi connectivity index (χ1n) is 7.62. The van der Waals surface area contributed by atoms with Crippen molar-refractivity contribution in [3.8, 4) is 5.88 Å². The molecule has 2 heterocycles. The molecule has 6 nitrogen and oxygen atoms in total. The number of nitrogens with one attached hydrogen (secondary N) is 1. The standard InChI is InChI=1S/C15H24N4O2/c1-4-21-14-8-7-13(17-18-14)19-9-5-6-12(10-19)16-15(20)11(2)3/h7-8,11-12H,4-6,9-10H2,1-3H3,(H,16,20)/t12-/m1/s1. The van der Waals surface area contributed by atoms with Crippen molar-refractivity contribution in [2.45, 2.75) is 39.7 Å². The molecule has 1 aromatic heterocycles. The molecule has 1 saturated heterocycles. The molecule has 0 unspecified atom stereocenters. The predicted molar refractivity (Wildman–Crippen MR) is 81.4 cm³/mol. The zero-order valence-corrected chi connectivity index (χ0v) is 13.0. The maximum atomic E-state index is 11.8. The van der Waals surface area contributed by atoms with E-state index in [-0.39, 0.29) is 17.9 Å². The SMILES string of the molecule is CCOc1ccc(N2CCC[C@@H](NC(=O)C(C)C)C2)nn1. The van der Waals surface area contributed by atoms with E-state index >= 15 is 0 Å². The molecule has 0 aromatic carbocycles. The summed E-state index contributed by atoms with van der Waals surface area (Å²) in [5, 5.41) is 11.4. The summed E-state index contributed by atoms with van der Waals surface area (Å²) in [7, 11) is 0. The second kappa shape index (κ2) is 7.24. The van der Waals surface area contributed by atoms with Crippen molar-refractivity contribution in [1.29, 1.82) is 0 Å². The van der Waals surface area contributed by atoms with E-state index in [4.69, 9.17) is 4.74 Å². The zero-order chi connectivity index (χ0) is 15.2. The summed E-state index contributed by atoms with van der Waals surface area (Å²) in [4.78, 5) is 14.0. The van der Waals surface area contributed by atoms with Crippen LogP contribution in [0.2, 0.25) is 0 Å². The molecule has 1 aliphatic heterocycles. The van der Waals surface area contributed by atoms with Gasteiger partial charge in [0, 0.05) is 31.1 Å². The summed E-state index contributed by atoms with van der Waals surface area (Å²) in [5.41, 5.74) is 0. The Balaban J connectivity index is 1.95. The number of hydrogen-bond acceptors (Lipinski definition) is 5. The molecule has 1 aromatic rings. The molecule has 0 spiro atoms. The Morgan fingerprint density at radius 2 is 2.29 bits per heavy atom. The van der Waals surface area contributed by atoms with Gasteiger partial charge in [0.1, 0.15) is 0 Å². The van der Waals surface area contributed by atoms with E-state index in [9.17, 15) is 4.79 Å². The maximum Gasteiger partial charge on any atom is 0.233 e. The second-order valence-corrected chi connectivity index (χ2v) is 5.61. The van der Waals surface area contributed by atoms with Gasteiger partial charge in [0.2, 0.25) is 11.8 Å². The average Bonchev–Trinajstić information content (AvgIpc) is 2.48. The topological polar surface area (TPSA) is 67.3 Å². The van der Waals surface area contributed by atoms with Crippen LogP contribution in [0.1, 0.15) is 33.6 Å². The van der Waals surface area contributed by atoms with E-state index in [1.165, 1.54) is 0 Å². The Labute approximate surface area is 125 Å². The van der Waals surface area contributed by atoms with E-state index in [1.807, 2.05) is 32.9 Å². The lowest BCUT2D eigenvalue weighted by atomic mass is 10.0. The first-order chi connectivity index (χ1) is 10.1. The molecule has 1 N–H and O–H groups in total. The van der Waals surface area contributed by atoms with Crippen LogP contribution in [0.25, 0.3) is 0 Å². The summed E-state index contributed by atoms with van der Waals surface area (Å²) < 4.78 is 5.30. The van der Waals surface area contributed by atoms with E-state index < -0.39 is 0 Å². The molecule has 0 aliphatic carbocycles. The van der Waals surface area contributed by atoms with Crippen LogP contribution in [0.4, 0.5) is 5.82 Å². The predicted octanol–water partition coefficient (Wildman–Crippen LogP) is 1.62. The summed E-state index contributed by atoms with van der Waals surface area (Å²) in [6, 6.07) is 3.94. The first-order valence-corrected chi connectivity index (χ1v) is 7.62. The zero-order valence-electron chi connectivity index (χ0n) is 13.0. The number of nitrogens with zero attached hydrogens (tertiary/aromatic N) is 3. The molecule has 1 fully saturated rings. The van der Waals surface area contributed by atoms with Gasteiger partial charge in [-0.05, 0) is 25.8 Å². The number of ether oxygens (including phenoxy) is 1. The van der Waals surface area contributed by atoms with Gasteiger partial charge >= 0.3 is 0 Å². The van der Waals surface area contributed by atoms with Gasteiger partial charge in [-0.15, -0.1) is 10.2 Å². The Morgan fingerprint density at radius 1 is 1.48 bits per heavy atom. The molecule has 116 valence electrons. The normalized spacial score (nSPS) is 18.7. The van der Waals surface area contributed by atoms with Gasteiger partial charge < -0.3 is 15.0 Å². The van der Waals surface area contributed by atoms with E-state index in [0.717, 1.165) is 31.7 Å². The lowest BCUT2D eigenvalue weighted by Gasteiger charge is -2.34. The number of rotatable bonds is 5. The molecule has 1 aliphatic rings. The maximum absolute atomic E-state index is 11.8. The first kappa shape index (κ1) is 15.5. The van der Waals surface area contributed by atoms with Crippen LogP contribution in [-0.2, 0) is 4.79 Å². The lowest BCUT2D eigenvalue weighted by Crippen LogP contribution is -2.49. The molecule has 6 heteroatoms. The van der Waals surface area contributed by atoms with Crippen LogP contribution in [0.3, 0.4) is 0 Å². The van der Waals surface area contributed by atoms with E-state index in [2.05, 4.69) is 20.4 Å². The number of aromatic nitrogens is 2. The molecule has 2 rings (SSSR count). The van der Waals surface area contributed by atoms with Gasteiger partial charge in [-0.25, -0.2) is 0 Å². The third kappa shape index (κ3) is 4.31. The number of carbonyl (C=O) groups excluding carboxylic acids is 1. The fraction of sp³-hybridized carbons (Fsp3) is 0.667. The van der Waals surface area contributed by atoms with Crippen molar-refractivity contribution in [3.63, 3.8) is 0 Å². The van der Waals surface area contributed by atoms with Crippen LogP contribution in [0.15, 0.2) is 12.1 Å². The fourth-order valence-electron chi connectivity index (χ4n) is 2.38. The quantitative estimate of drug-likeness (QED) is 0.893. The van der Waals surface area contributed by atoms with Crippen molar-refractivity contribution in [1.82, 2.24) is 15.5 Å². The third-order valence-corrected chi connectivity index (χ3v) is 3.53. The average molecular weight is 292 g/mol. The van der Waals surface area contributed by atoms with Crippen LogP contribution in [0.5, 0.6) is 5.88 Å². The van der Waals surface area contributed by atoms with E-state index in [1.54, 1.807) is 0 Å². The molecule has 21 heavy (non-hydrogen) atoms. The smallest absolute Gasteiger partial charge is 0.233 e. The second-order valence-electron chi connectivity index (χ2n) is 5.61. The van der Waals surface area contributed by atoms with Crippen LogP contribution >= 0.6 is 0 Å². The minimum atomic E-state index is 0.0191. The minimum Gasteiger partial charge on any atom is -0.477 e. The van der Waals surface area contributed by atoms with Gasteiger partial charge in [-0.3, -0.25) is 4.79 Å². The monoisotopic (exact) mass is 292 g/mol. The fourth-order valence-corrected chi connectivity index (χ4v) is 2.38. The Hall–Kier alpha value is -1.85. The molecular formula is C15H24N4O2. The van der Waals surface area contributed by atoms with Crippen LogP contribution < -0.4 is 15.0 Å². The summed E-state index contributed by atoms with van der Waals surface area (Å²) >= 11 is 0. The minimum absolute atomic E-state index is 0.0191. The summed E-state index contributed by atoms with van der Waals surface area (Å²) in [6.07, 6.45) is 2.05. The van der Waals surface area contributed by atoms with Gasteiger partial charge in [0.15, 0.2) is 5.82 Å². The van der Waals surface area contributed by atoms with Gasteiger partial charge in [-0.1, -0.05) is 13.8 Å². The molecular weight excluding hydrogens is 268 g/mol. The van der Waals surface area contributed by atoms with Crippen LogP contribution in [-0.4, -0.2) is 41.8 Å². The Morgan fingerprint density at radius 3 is 2.90 bits per heavy atom. The number of hydrogen-bond donors (Lipinski definition) is 1. The summed E-state index contributed by atoms with van der Waals surface area (Å²) in [5.74, 6) is 1.51. The number of piperidine rings is 1. The molecule has 0 radical (unpaired) electrons. The number of anilines is 1. The highest BCUT2D eigenvalue weighted by atomic mass is 16.5. The molecule has 1 atom stereocenters. The van der Waals surface area contributed by atoms with E-state index in [0.29, 0.717) is 12.5 Å². The molecule has 0 saturated carbocycles. The van der Waals surface area contributed by atoms with Crippen molar-refractivity contribution in [2.75, 3.05) is 24.6 Å². The lowest BCUT2D eigenvalue weighted by molar-refractivity contribution is -0.124. The van der Waals surface area contributed by atoms with Gasteiger partial charge in [-0.2, -0.15) is 0 Å². The Kier molecular flexibility index (Phi) is 5.36.